The molecule has 2 aromatic carbocycles. The summed E-state index contributed by atoms with van der Waals surface area (Å²) in [7, 11) is 1.86. The van der Waals surface area contributed by atoms with Crippen molar-refractivity contribution in [1.82, 2.24) is 10.2 Å². The topological polar surface area (TPSA) is 50.8 Å². The summed E-state index contributed by atoms with van der Waals surface area (Å²) in [5.74, 6) is 1.37. The average Bonchev–Trinajstić information content (AvgIpc) is 2.73. The van der Waals surface area contributed by atoms with Gasteiger partial charge in [0.25, 0.3) is 0 Å². The van der Waals surface area contributed by atoms with E-state index in [1.54, 1.807) is 0 Å². The molecule has 0 fully saturated rings. The molecule has 152 valence electrons. The summed E-state index contributed by atoms with van der Waals surface area (Å²) in [5.41, 5.74) is 2.96. The number of nitrogens with zero attached hydrogens (tertiary/aromatic N) is 1. The number of benzene rings is 2. The SMILES string of the molecule is CCOc1ccc(C2NC(=S)N(C)C(C)=C2C(=O)c2ccccc2)c(OCC)c1. The molecule has 0 bridgehead atoms. The number of carbonyl (C=O) groups excluding carboxylic acids is 1. The maximum absolute atomic E-state index is 13.5. The largest absolute Gasteiger partial charge is 0.494 e. The van der Waals surface area contributed by atoms with E-state index in [4.69, 9.17) is 21.7 Å². The summed E-state index contributed by atoms with van der Waals surface area (Å²) >= 11 is 5.52. The van der Waals surface area contributed by atoms with Crippen molar-refractivity contribution in [3.8, 4) is 11.5 Å². The van der Waals surface area contributed by atoms with Gasteiger partial charge in [0.15, 0.2) is 10.9 Å². The van der Waals surface area contributed by atoms with Gasteiger partial charge in [0.05, 0.1) is 19.3 Å². The maximum Gasteiger partial charge on any atom is 0.193 e. The zero-order valence-corrected chi connectivity index (χ0v) is 18.0. The molecule has 1 aliphatic rings. The minimum atomic E-state index is -0.413. The highest BCUT2D eigenvalue weighted by molar-refractivity contribution is 7.80. The summed E-state index contributed by atoms with van der Waals surface area (Å²) in [5, 5.41) is 3.89. The molecule has 1 aliphatic heterocycles. The average molecular weight is 411 g/mol. The Balaban J connectivity index is 2.13. The Labute approximate surface area is 177 Å². The van der Waals surface area contributed by atoms with E-state index in [9.17, 15) is 4.79 Å². The Bertz CT molecular complexity index is 940. The molecule has 0 saturated carbocycles. The minimum absolute atomic E-state index is 0.0358. The van der Waals surface area contributed by atoms with Crippen molar-refractivity contribution in [2.75, 3.05) is 20.3 Å². The van der Waals surface area contributed by atoms with Gasteiger partial charge in [-0.1, -0.05) is 30.3 Å². The molecular weight excluding hydrogens is 384 g/mol. The van der Waals surface area contributed by atoms with Gasteiger partial charge in [0.2, 0.25) is 0 Å². The lowest BCUT2D eigenvalue weighted by Crippen LogP contribution is -2.46. The van der Waals surface area contributed by atoms with Crippen LogP contribution >= 0.6 is 12.2 Å². The molecule has 6 heteroatoms. The van der Waals surface area contributed by atoms with Gasteiger partial charge < -0.3 is 19.7 Å². The summed E-state index contributed by atoms with van der Waals surface area (Å²) < 4.78 is 11.5. The van der Waals surface area contributed by atoms with Crippen molar-refractivity contribution in [3.63, 3.8) is 0 Å². The number of carbonyl (C=O) groups is 1. The van der Waals surface area contributed by atoms with E-state index < -0.39 is 6.04 Å². The number of ether oxygens (including phenoxy) is 2. The minimum Gasteiger partial charge on any atom is -0.494 e. The van der Waals surface area contributed by atoms with Gasteiger partial charge in [-0.25, -0.2) is 0 Å². The standard InChI is InChI=1S/C23H26N2O3S/c1-5-27-17-12-13-18(19(14-17)28-6-2)21-20(15(3)25(4)23(29)24-21)22(26)16-10-8-7-9-11-16/h7-14,21H,5-6H2,1-4H3,(H,24,29). The zero-order valence-electron chi connectivity index (χ0n) is 17.2. The van der Waals surface area contributed by atoms with E-state index in [1.807, 2.05) is 81.2 Å². The van der Waals surface area contributed by atoms with E-state index in [1.165, 1.54) is 0 Å². The van der Waals surface area contributed by atoms with Gasteiger partial charge in [0.1, 0.15) is 11.5 Å². The number of allylic oxidation sites excluding steroid dienone is 1. The molecule has 1 heterocycles. The van der Waals surface area contributed by atoms with E-state index in [2.05, 4.69) is 5.32 Å². The molecule has 0 aromatic heterocycles. The summed E-state index contributed by atoms with van der Waals surface area (Å²) in [6.07, 6.45) is 0. The zero-order chi connectivity index (χ0) is 21.0. The monoisotopic (exact) mass is 410 g/mol. The summed E-state index contributed by atoms with van der Waals surface area (Å²) in [6, 6.07) is 14.6. The highest BCUT2D eigenvalue weighted by Gasteiger charge is 2.34. The lowest BCUT2D eigenvalue weighted by atomic mass is 9.89. The van der Waals surface area contributed by atoms with Crippen LogP contribution in [0.1, 0.15) is 42.7 Å². The highest BCUT2D eigenvalue weighted by atomic mass is 32.1. The Morgan fingerprint density at radius 2 is 1.79 bits per heavy atom. The van der Waals surface area contributed by atoms with Gasteiger partial charge in [-0.15, -0.1) is 0 Å². The fourth-order valence-corrected chi connectivity index (χ4v) is 3.65. The van der Waals surface area contributed by atoms with Crippen LogP contribution in [0.2, 0.25) is 0 Å². The molecule has 1 unspecified atom stereocenters. The van der Waals surface area contributed by atoms with Crippen LogP contribution in [0.15, 0.2) is 59.8 Å². The summed E-state index contributed by atoms with van der Waals surface area (Å²) in [6.45, 7) is 6.86. The number of nitrogens with one attached hydrogen (secondary N) is 1. The highest BCUT2D eigenvalue weighted by Crippen LogP contribution is 2.38. The van der Waals surface area contributed by atoms with Crippen LogP contribution in [0.4, 0.5) is 0 Å². The van der Waals surface area contributed by atoms with Crippen molar-refractivity contribution >= 4 is 23.1 Å². The predicted molar refractivity (Wildman–Crippen MR) is 118 cm³/mol. The maximum atomic E-state index is 13.5. The van der Waals surface area contributed by atoms with Crippen molar-refractivity contribution in [3.05, 3.63) is 70.9 Å². The van der Waals surface area contributed by atoms with Crippen molar-refractivity contribution < 1.29 is 14.3 Å². The Morgan fingerprint density at radius 1 is 1.10 bits per heavy atom. The molecular formula is C23H26N2O3S. The van der Waals surface area contributed by atoms with Gasteiger partial charge >= 0.3 is 0 Å². The first kappa shape index (κ1) is 20.9. The molecule has 1 atom stereocenters. The molecule has 0 spiro atoms. The smallest absolute Gasteiger partial charge is 0.193 e. The van der Waals surface area contributed by atoms with Crippen LogP contribution < -0.4 is 14.8 Å². The molecule has 5 nitrogen and oxygen atoms in total. The molecule has 2 aromatic rings. The molecule has 0 radical (unpaired) electrons. The van der Waals surface area contributed by atoms with Crippen LogP contribution in [0.5, 0.6) is 11.5 Å². The number of Topliss-reactive ketones (excluding diaryl/α,β-unsaturated/α-hetero) is 1. The third-order valence-electron chi connectivity index (χ3n) is 4.94. The van der Waals surface area contributed by atoms with Gasteiger partial charge in [0, 0.05) is 35.5 Å². The lowest BCUT2D eigenvalue weighted by molar-refractivity contribution is 0.102. The van der Waals surface area contributed by atoms with Crippen LogP contribution in [-0.4, -0.2) is 36.1 Å². The third-order valence-corrected chi connectivity index (χ3v) is 5.33. The van der Waals surface area contributed by atoms with Crippen molar-refractivity contribution in [1.29, 1.82) is 0 Å². The molecule has 0 saturated heterocycles. The number of hydrogen-bond donors (Lipinski definition) is 1. The predicted octanol–water partition coefficient (Wildman–Crippen LogP) is 4.50. The Morgan fingerprint density at radius 3 is 2.45 bits per heavy atom. The molecule has 3 rings (SSSR count). The molecule has 0 amide bonds. The Kier molecular flexibility index (Phi) is 6.54. The van der Waals surface area contributed by atoms with E-state index in [-0.39, 0.29) is 5.78 Å². The van der Waals surface area contributed by atoms with Gasteiger partial charge in [-0.05, 0) is 45.1 Å². The van der Waals surface area contributed by atoms with Crippen LogP contribution in [0, 0.1) is 0 Å². The fraction of sp³-hybridized carbons (Fsp3) is 0.304. The van der Waals surface area contributed by atoms with Crippen molar-refractivity contribution in [2.24, 2.45) is 0 Å². The third kappa shape index (κ3) is 4.27. The molecule has 0 aliphatic carbocycles. The second-order valence-corrected chi connectivity index (χ2v) is 7.09. The second-order valence-electron chi connectivity index (χ2n) is 6.70. The molecule has 29 heavy (non-hydrogen) atoms. The number of thiocarbonyl (C=S) groups is 1. The van der Waals surface area contributed by atoms with Crippen LogP contribution in [0.3, 0.4) is 0 Å². The van der Waals surface area contributed by atoms with Gasteiger partial charge in [-0.3, -0.25) is 4.79 Å². The summed E-state index contributed by atoms with van der Waals surface area (Å²) in [4.78, 5) is 15.3. The van der Waals surface area contributed by atoms with E-state index >= 15 is 0 Å². The fourth-order valence-electron chi connectivity index (χ4n) is 3.40. The first-order valence-corrected chi connectivity index (χ1v) is 10.1. The van der Waals surface area contributed by atoms with Crippen LogP contribution in [0.25, 0.3) is 0 Å². The van der Waals surface area contributed by atoms with E-state index in [0.29, 0.717) is 35.2 Å². The number of ketones is 1. The first-order chi connectivity index (χ1) is 14.0. The lowest BCUT2D eigenvalue weighted by Gasteiger charge is -2.36. The Hall–Kier alpha value is -2.86. The van der Waals surface area contributed by atoms with Crippen molar-refractivity contribution in [2.45, 2.75) is 26.8 Å². The normalized spacial score (nSPS) is 16.5. The first-order valence-electron chi connectivity index (χ1n) is 9.72. The molecule has 1 N–H and O–H groups in total. The number of rotatable bonds is 7. The number of hydrogen-bond acceptors (Lipinski definition) is 4. The second kappa shape index (κ2) is 9.09. The van der Waals surface area contributed by atoms with E-state index in [0.717, 1.165) is 17.0 Å². The van der Waals surface area contributed by atoms with Crippen LogP contribution in [-0.2, 0) is 0 Å². The quantitative estimate of drug-likeness (QED) is 0.536. The van der Waals surface area contributed by atoms with Gasteiger partial charge in [-0.2, -0.15) is 0 Å².